The van der Waals surface area contributed by atoms with Crippen LogP contribution in [0.5, 0.6) is 11.5 Å². The van der Waals surface area contributed by atoms with Crippen molar-refractivity contribution in [1.29, 1.82) is 0 Å². The maximum absolute atomic E-state index is 9.49. The molecule has 3 heteroatoms. The van der Waals surface area contributed by atoms with Gasteiger partial charge in [-0.3, -0.25) is 0 Å². The number of aliphatic hydroxyl groups is 1. The highest BCUT2D eigenvalue weighted by molar-refractivity contribution is 5.65. The summed E-state index contributed by atoms with van der Waals surface area (Å²) >= 11 is 0. The van der Waals surface area contributed by atoms with E-state index in [-0.39, 0.29) is 11.9 Å². The highest BCUT2D eigenvalue weighted by Gasteiger charge is 2.20. The highest BCUT2D eigenvalue weighted by atomic mass is 16.5. The first-order valence-electron chi connectivity index (χ1n) is 4.53. The van der Waals surface area contributed by atoms with E-state index < -0.39 is 6.10 Å². The molecule has 2 unspecified atom stereocenters. The lowest BCUT2D eigenvalue weighted by Gasteiger charge is -2.23. The Morgan fingerprint density at radius 3 is 2.93 bits per heavy atom. The average molecular weight is 192 g/mol. The summed E-state index contributed by atoms with van der Waals surface area (Å²) in [5, 5.41) is 18.8. The summed E-state index contributed by atoms with van der Waals surface area (Å²) in [6.07, 6.45) is 2.63. The minimum atomic E-state index is -0.554. The second kappa shape index (κ2) is 3.35. The van der Waals surface area contributed by atoms with Crippen LogP contribution in [0.2, 0.25) is 0 Å². The van der Waals surface area contributed by atoms with Crippen molar-refractivity contribution in [3.8, 4) is 11.5 Å². The lowest BCUT2D eigenvalue weighted by atomic mass is 10.1. The Balaban J connectivity index is 2.36. The second-order valence-electron chi connectivity index (χ2n) is 3.37. The average Bonchev–Trinajstić information content (AvgIpc) is 2.17. The molecule has 0 spiro atoms. The number of hydrogen-bond acceptors (Lipinski definition) is 3. The van der Waals surface area contributed by atoms with Crippen molar-refractivity contribution < 1.29 is 14.9 Å². The van der Waals surface area contributed by atoms with Crippen LogP contribution >= 0.6 is 0 Å². The van der Waals surface area contributed by atoms with Gasteiger partial charge in [0.2, 0.25) is 0 Å². The van der Waals surface area contributed by atoms with Crippen molar-refractivity contribution >= 4 is 6.08 Å². The molecule has 14 heavy (non-hydrogen) atoms. The number of hydrogen-bond donors (Lipinski definition) is 2. The van der Waals surface area contributed by atoms with Crippen LogP contribution in [0.1, 0.15) is 12.5 Å². The van der Waals surface area contributed by atoms with E-state index in [0.717, 1.165) is 0 Å². The number of fused-ring (bicyclic) bond motifs is 1. The third-order valence-corrected chi connectivity index (χ3v) is 2.23. The van der Waals surface area contributed by atoms with Crippen LogP contribution in [0.4, 0.5) is 0 Å². The van der Waals surface area contributed by atoms with E-state index in [2.05, 4.69) is 0 Å². The number of ether oxygens (including phenoxy) is 1. The molecule has 2 rings (SSSR count). The first kappa shape index (κ1) is 9.09. The Morgan fingerprint density at radius 2 is 2.21 bits per heavy atom. The van der Waals surface area contributed by atoms with Crippen LogP contribution < -0.4 is 4.74 Å². The minimum absolute atomic E-state index is 0.197. The summed E-state index contributed by atoms with van der Waals surface area (Å²) < 4.78 is 5.48. The lowest BCUT2D eigenvalue weighted by molar-refractivity contribution is 0.0761. The number of benzene rings is 1. The summed E-state index contributed by atoms with van der Waals surface area (Å²) in [7, 11) is 0. The molecule has 1 aliphatic rings. The number of phenols is 1. The van der Waals surface area contributed by atoms with Crippen molar-refractivity contribution in [2.45, 2.75) is 19.1 Å². The van der Waals surface area contributed by atoms with E-state index in [0.29, 0.717) is 11.3 Å². The van der Waals surface area contributed by atoms with E-state index in [9.17, 15) is 10.2 Å². The zero-order chi connectivity index (χ0) is 10.1. The molecule has 2 N–H and O–H groups in total. The summed E-state index contributed by atoms with van der Waals surface area (Å²) in [6.45, 7) is 1.67. The van der Waals surface area contributed by atoms with E-state index in [1.54, 1.807) is 37.3 Å². The Bertz CT molecular complexity index is 369. The topological polar surface area (TPSA) is 49.7 Å². The molecule has 0 saturated carbocycles. The molecule has 2 atom stereocenters. The molecule has 0 bridgehead atoms. The smallest absolute Gasteiger partial charge is 0.143 e. The van der Waals surface area contributed by atoms with Gasteiger partial charge in [-0.05, 0) is 31.2 Å². The molecule has 1 aromatic rings. The van der Waals surface area contributed by atoms with E-state index >= 15 is 0 Å². The largest absolute Gasteiger partial charge is 0.507 e. The predicted molar refractivity (Wildman–Crippen MR) is 53.2 cm³/mol. The molecule has 0 aromatic heterocycles. The molecule has 0 fully saturated rings. The first-order chi connectivity index (χ1) is 6.68. The molecule has 0 aliphatic carbocycles. The quantitative estimate of drug-likeness (QED) is 0.709. The third kappa shape index (κ3) is 1.46. The van der Waals surface area contributed by atoms with Crippen molar-refractivity contribution in [3.05, 3.63) is 29.8 Å². The number of rotatable bonds is 1. The van der Waals surface area contributed by atoms with Crippen molar-refractivity contribution in [2.75, 3.05) is 0 Å². The van der Waals surface area contributed by atoms with Crippen molar-refractivity contribution in [3.63, 3.8) is 0 Å². The van der Waals surface area contributed by atoms with E-state index in [1.165, 1.54) is 0 Å². The van der Waals surface area contributed by atoms with E-state index in [4.69, 9.17) is 4.74 Å². The maximum Gasteiger partial charge on any atom is 0.143 e. The number of phenolic OH excluding ortho intramolecular Hbond substituents is 1. The van der Waals surface area contributed by atoms with Gasteiger partial charge >= 0.3 is 0 Å². The molecule has 74 valence electrons. The van der Waals surface area contributed by atoms with Crippen LogP contribution in [-0.4, -0.2) is 22.4 Å². The summed E-state index contributed by atoms with van der Waals surface area (Å²) in [5.74, 6) is 0.807. The SMILES string of the molecule is CC(O)C1C=Cc2c(O)cccc2O1. The fourth-order valence-electron chi connectivity index (χ4n) is 1.44. The van der Waals surface area contributed by atoms with Gasteiger partial charge in [-0.1, -0.05) is 6.07 Å². The van der Waals surface area contributed by atoms with Crippen LogP contribution in [0.25, 0.3) is 6.08 Å². The van der Waals surface area contributed by atoms with Gasteiger partial charge in [-0.2, -0.15) is 0 Å². The maximum atomic E-state index is 9.49. The molecule has 3 nitrogen and oxygen atoms in total. The predicted octanol–water partition coefficient (Wildman–Crippen LogP) is 1.55. The Labute approximate surface area is 82.3 Å². The third-order valence-electron chi connectivity index (χ3n) is 2.23. The van der Waals surface area contributed by atoms with Gasteiger partial charge in [-0.15, -0.1) is 0 Å². The molecule has 1 heterocycles. The van der Waals surface area contributed by atoms with Gasteiger partial charge < -0.3 is 14.9 Å². The zero-order valence-electron chi connectivity index (χ0n) is 7.84. The van der Waals surface area contributed by atoms with Gasteiger partial charge in [0.15, 0.2) is 0 Å². The lowest BCUT2D eigenvalue weighted by Crippen LogP contribution is -2.28. The molecule has 0 amide bonds. The fraction of sp³-hybridized carbons (Fsp3) is 0.273. The Hall–Kier alpha value is -1.48. The minimum Gasteiger partial charge on any atom is -0.507 e. The first-order valence-corrected chi connectivity index (χ1v) is 4.53. The number of aliphatic hydroxyl groups excluding tert-OH is 1. The van der Waals surface area contributed by atoms with Crippen LogP contribution in [0.3, 0.4) is 0 Å². The molecule has 0 saturated heterocycles. The van der Waals surface area contributed by atoms with Crippen LogP contribution in [0, 0.1) is 0 Å². The van der Waals surface area contributed by atoms with Crippen molar-refractivity contribution in [2.24, 2.45) is 0 Å². The van der Waals surface area contributed by atoms with Gasteiger partial charge in [0, 0.05) is 0 Å². The monoisotopic (exact) mass is 192 g/mol. The molecular formula is C11H12O3. The molecule has 0 radical (unpaired) electrons. The second-order valence-corrected chi connectivity index (χ2v) is 3.37. The van der Waals surface area contributed by atoms with Crippen molar-refractivity contribution in [1.82, 2.24) is 0 Å². The van der Waals surface area contributed by atoms with Crippen LogP contribution in [0.15, 0.2) is 24.3 Å². The summed E-state index contributed by atoms with van der Waals surface area (Å²) in [5.41, 5.74) is 0.671. The number of aromatic hydroxyl groups is 1. The highest BCUT2D eigenvalue weighted by Crippen LogP contribution is 2.33. The zero-order valence-corrected chi connectivity index (χ0v) is 7.84. The molecule has 1 aliphatic heterocycles. The molecule has 1 aromatic carbocycles. The molecular weight excluding hydrogens is 180 g/mol. The summed E-state index contributed by atoms with van der Waals surface area (Å²) in [6, 6.07) is 5.09. The van der Waals surface area contributed by atoms with Gasteiger partial charge in [0.1, 0.15) is 17.6 Å². The normalized spacial score (nSPS) is 21.1. The standard InChI is InChI=1S/C11H12O3/c1-7(12)10-6-5-8-9(13)3-2-4-11(8)14-10/h2-7,10,12-13H,1H3. The van der Waals surface area contributed by atoms with Gasteiger partial charge in [0.05, 0.1) is 11.7 Å². The van der Waals surface area contributed by atoms with Gasteiger partial charge in [0.25, 0.3) is 0 Å². The fourth-order valence-corrected chi connectivity index (χ4v) is 1.44. The Kier molecular flexibility index (Phi) is 2.17. The Morgan fingerprint density at radius 1 is 1.43 bits per heavy atom. The summed E-state index contributed by atoms with van der Waals surface area (Å²) in [4.78, 5) is 0. The van der Waals surface area contributed by atoms with Gasteiger partial charge in [-0.25, -0.2) is 0 Å². The van der Waals surface area contributed by atoms with E-state index in [1.807, 2.05) is 0 Å². The van der Waals surface area contributed by atoms with Crippen LogP contribution in [-0.2, 0) is 0 Å².